The number of hydrogen-bond acceptors (Lipinski definition) is 2. The number of aromatic nitrogens is 2. The van der Waals surface area contributed by atoms with Crippen molar-refractivity contribution in [2.45, 2.75) is 26.7 Å². The Hall–Kier alpha value is -1.55. The number of nitrogens with zero attached hydrogens (tertiary/aromatic N) is 2. The lowest BCUT2D eigenvalue weighted by molar-refractivity contribution is -0.120. The van der Waals surface area contributed by atoms with Gasteiger partial charge in [0.2, 0.25) is 5.91 Å². The van der Waals surface area contributed by atoms with E-state index in [1.54, 1.807) is 12.3 Å². The summed E-state index contributed by atoms with van der Waals surface area (Å²) in [5, 5.41) is 3.55. The zero-order chi connectivity index (χ0) is 13.8. The maximum atomic E-state index is 11.8. The number of amides is 1. The normalized spacial score (nSPS) is 11.2. The first kappa shape index (κ1) is 13.9. The van der Waals surface area contributed by atoms with Crippen molar-refractivity contribution < 1.29 is 4.79 Å². The van der Waals surface area contributed by atoms with Gasteiger partial charge in [-0.1, -0.05) is 25.4 Å². The minimum atomic E-state index is 0.00940. The lowest BCUT2D eigenvalue weighted by Crippen LogP contribution is -2.26. The van der Waals surface area contributed by atoms with Crippen LogP contribution in [0.1, 0.15) is 26.0 Å². The van der Waals surface area contributed by atoms with Gasteiger partial charge in [0.1, 0.15) is 5.65 Å². The van der Waals surface area contributed by atoms with Gasteiger partial charge in [-0.2, -0.15) is 0 Å². The highest BCUT2D eigenvalue weighted by atomic mass is 35.5. The van der Waals surface area contributed by atoms with E-state index < -0.39 is 0 Å². The molecule has 102 valence electrons. The Morgan fingerprint density at radius 2 is 2.21 bits per heavy atom. The van der Waals surface area contributed by atoms with E-state index in [0.717, 1.165) is 24.3 Å². The molecule has 0 spiro atoms. The van der Waals surface area contributed by atoms with Gasteiger partial charge in [-0.25, -0.2) is 4.98 Å². The molecule has 1 amide bonds. The fraction of sp³-hybridized carbons (Fsp3) is 0.429. The number of carbonyl (C=O) groups is 1. The van der Waals surface area contributed by atoms with E-state index >= 15 is 0 Å². The van der Waals surface area contributed by atoms with Gasteiger partial charge in [0.05, 0.1) is 17.1 Å². The highest BCUT2D eigenvalue weighted by Gasteiger charge is 2.07. The smallest absolute Gasteiger partial charge is 0.226 e. The maximum Gasteiger partial charge on any atom is 0.226 e. The van der Waals surface area contributed by atoms with E-state index in [-0.39, 0.29) is 5.91 Å². The summed E-state index contributed by atoms with van der Waals surface area (Å²) < 4.78 is 1.83. The average Bonchev–Trinajstić information content (AvgIpc) is 2.69. The lowest BCUT2D eigenvalue weighted by atomic mass is 10.1. The van der Waals surface area contributed by atoms with E-state index in [0.29, 0.717) is 17.4 Å². The molecule has 0 fully saturated rings. The number of hydrogen-bond donors (Lipinski definition) is 1. The number of carbonyl (C=O) groups excluding carboxylic acids is 1. The van der Waals surface area contributed by atoms with E-state index in [1.165, 1.54) is 0 Å². The molecule has 0 unspecified atom stereocenters. The molecule has 0 aliphatic heterocycles. The number of halogens is 1. The predicted molar refractivity (Wildman–Crippen MR) is 76.4 cm³/mol. The molecule has 19 heavy (non-hydrogen) atoms. The molecule has 0 saturated heterocycles. The van der Waals surface area contributed by atoms with E-state index in [1.807, 2.05) is 16.7 Å². The van der Waals surface area contributed by atoms with Crippen molar-refractivity contribution in [3.63, 3.8) is 0 Å². The van der Waals surface area contributed by atoms with Crippen LogP contribution in [0.2, 0.25) is 5.02 Å². The van der Waals surface area contributed by atoms with Crippen LogP contribution in [-0.4, -0.2) is 21.8 Å². The van der Waals surface area contributed by atoms with Crippen molar-refractivity contribution >= 4 is 23.2 Å². The number of imidazole rings is 1. The molecule has 0 bridgehead atoms. The van der Waals surface area contributed by atoms with Crippen LogP contribution in [0, 0.1) is 5.92 Å². The first-order chi connectivity index (χ1) is 9.04. The van der Waals surface area contributed by atoms with E-state index in [2.05, 4.69) is 24.1 Å². The number of fused-ring (bicyclic) bond motifs is 1. The Morgan fingerprint density at radius 3 is 2.95 bits per heavy atom. The molecule has 2 rings (SSSR count). The van der Waals surface area contributed by atoms with Gasteiger partial charge in [-0.05, 0) is 24.5 Å². The topological polar surface area (TPSA) is 46.4 Å². The van der Waals surface area contributed by atoms with Gasteiger partial charge >= 0.3 is 0 Å². The Labute approximate surface area is 117 Å². The first-order valence-corrected chi connectivity index (χ1v) is 6.82. The molecule has 2 heterocycles. The molecule has 0 aromatic carbocycles. The van der Waals surface area contributed by atoms with Gasteiger partial charge in [0, 0.05) is 18.9 Å². The van der Waals surface area contributed by atoms with Crippen molar-refractivity contribution in [1.29, 1.82) is 0 Å². The van der Waals surface area contributed by atoms with Crippen molar-refractivity contribution in [3.05, 3.63) is 35.2 Å². The van der Waals surface area contributed by atoms with Gasteiger partial charge in [0.25, 0.3) is 0 Å². The van der Waals surface area contributed by atoms with E-state index in [4.69, 9.17) is 11.6 Å². The quantitative estimate of drug-likeness (QED) is 0.915. The third-order valence-corrected chi connectivity index (χ3v) is 3.07. The summed E-state index contributed by atoms with van der Waals surface area (Å²) in [6.45, 7) is 4.99. The summed E-state index contributed by atoms with van der Waals surface area (Å²) in [5.41, 5.74) is 1.55. The fourth-order valence-corrected chi connectivity index (χ4v) is 2.00. The standard InChI is InChI=1S/C14H18ClN3O/c1-10(2)5-6-16-14(19)7-12-9-18-8-11(15)3-4-13(18)17-12/h3-4,8-10H,5-7H2,1-2H3,(H,16,19). The predicted octanol–water partition coefficient (Wildman–Crippen LogP) is 2.69. The summed E-state index contributed by atoms with van der Waals surface area (Å²) in [4.78, 5) is 16.1. The Morgan fingerprint density at radius 1 is 1.42 bits per heavy atom. The highest BCUT2D eigenvalue weighted by molar-refractivity contribution is 6.30. The third-order valence-electron chi connectivity index (χ3n) is 2.85. The second kappa shape index (κ2) is 6.06. The zero-order valence-corrected chi connectivity index (χ0v) is 11.9. The van der Waals surface area contributed by atoms with Crippen LogP contribution < -0.4 is 5.32 Å². The maximum absolute atomic E-state index is 11.8. The molecule has 2 aromatic rings. The Kier molecular flexibility index (Phi) is 4.43. The van der Waals surface area contributed by atoms with Crippen molar-refractivity contribution in [2.75, 3.05) is 6.54 Å². The Bertz CT molecular complexity index is 577. The molecule has 0 aliphatic rings. The molecule has 0 aliphatic carbocycles. The molecular formula is C14H18ClN3O. The van der Waals surface area contributed by atoms with Crippen LogP contribution >= 0.6 is 11.6 Å². The summed E-state index contributed by atoms with van der Waals surface area (Å²) in [5.74, 6) is 0.604. The zero-order valence-electron chi connectivity index (χ0n) is 11.2. The van der Waals surface area contributed by atoms with Crippen LogP contribution in [0.25, 0.3) is 5.65 Å². The third kappa shape index (κ3) is 3.96. The summed E-state index contributed by atoms with van der Waals surface area (Å²) >= 11 is 5.90. The molecule has 5 heteroatoms. The summed E-state index contributed by atoms with van der Waals surface area (Å²) in [7, 11) is 0. The highest BCUT2D eigenvalue weighted by Crippen LogP contribution is 2.12. The monoisotopic (exact) mass is 279 g/mol. The van der Waals surface area contributed by atoms with Crippen LogP contribution in [0.3, 0.4) is 0 Å². The summed E-state index contributed by atoms with van der Waals surface area (Å²) in [6.07, 6.45) is 4.91. The van der Waals surface area contributed by atoms with Crippen LogP contribution in [0.4, 0.5) is 0 Å². The fourth-order valence-electron chi connectivity index (χ4n) is 1.83. The van der Waals surface area contributed by atoms with Gasteiger partial charge in [0.15, 0.2) is 0 Å². The van der Waals surface area contributed by atoms with Crippen LogP contribution in [-0.2, 0) is 11.2 Å². The molecule has 0 saturated carbocycles. The lowest BCUT2D eigenvalue weighted by Gasteiger charge is -2.05. The average molecular weight is 280 g/mol. The second-order valence-corrected chi connectivity index (χ2v) is 5.49. The minimum absolute atomic E-state index is 0.00940. The van der Waals surface area contributed by atoms with Gasteiger partial charge in [-0.3, -0.25) is 4.79 Å². The first-order valence-electron chi connectivity index (χ1n) is 6.44. The molecule has 0 radical (unpaired) electrons. The van der Waals surface area contributed by atoms with Gasteiger partial charge < -0.3 is 9.72 Å². The SMILES string of the molecule is CC(C)CCNC(=O)Cc1cn2cc(Cl)ccc2n1. The summed E-state index contributed by atoms with van der Waals surface area (Å²) in [6, 6.07) is 3.62. The molecule has 0 atom stereocenters. The molecule has 4 nitrogen and oxygen atoms in total. The van der Waals surface area contributed by atoms with Gasteiger partial charge in [-0.15, -0.1) is 0 Å². The van der Waals surface area contributed by atoms with Crippen molar-refractivity contribution in [2.24, 2.45) is 5.92 Å². The van der Waals surface area contributed by atoms with Crippen molar-refractivity contribution in [3.8, 4) is 0 Å². The van der Waals surface area contributed by atoms with Crippen LogP contribution in [0.15, 0.2) is 24.5 Å². The Balaban J connectivity index is 1.95. The molecule has 1 N–H and O–H groups in total. The number of pyridine rings is 1. The molecular weight excluding hydrogens is 262 g/mol. The van der Waals surface area contributed by atoms with E-state index in [9.17, 15) is 4.79 Å². The van der Waals surface area contributed by atoms with Crippen LogP contribution in [0.5, 0.6) is 0 Å². The van der Waals surface area contributed by atoms with Crippen molar-refractivity contribution in [1.82, 2.24) is 14.7 Å². The number of nitrogens with one attached hydrogen (secondary N) is 1. The minimum Gasteiger partial charge on any atom is -0.356 e. The largest absolute Gasteiger partial charge is 0.356 e. The number of rotatable bonds is 5. The molecule has 2 aromatic heterocycles. The second-order valence-electron chi connectivity index (χ2n) is 5.05.